The summed E-state index contributed by atoms with van der Waals surface area (Å²) in [6.45, 7) is 0. The maximum Gasteiger partial charge on any atom is 0.337 e. The van der Waals surface area contributed by atoms with Crippen molar-refractivity contribution >= 4 is 22.7 Å². The van der Waals surface area contributed by atoms with Gasteiger partial charge in [-0.1, -0.05) is 0 Å². The number of rotatable bonds is 1. The molecule has 0 aliphatic carbocycles. The Hall–Kier alpha value is -1.97. The molecule has 4 nitrogen and oxygen atoms in total. The molecule has 2 aromatic rings. The molecule has 3 N–H and O–H groups in total. The SMILES string of the molecule is COC(=O)c1ccc2[nH]c(N)cc2c1. The summed E-state index contributed by atoms with van der Waals surface area (Å²) in [6.07, 6.45) is 0. The number of aromatic nitrogens is 1. The number of nitrogens with two attached hydrogens (primary N) is 1. The van der Waals surface area contributed by atoms with Crippen molar-refractivity contribution < 1.29 is 9.53 Å². The molecule has 0 radical (unpaired) electrons. The van der Waals surface area contributed by atoms with Gasteiger partial charge in [-0.2, -0.15) is 0 Å². The lowest BCUT2D eigenvalue weighted by Gasteiger charge is -1.98. The molecule has 0 saturated carbocycles. The van der Waals surface area contributed by atoms with Gasteiger partial charge in [-0.25, -0.2) is 4.79 Å². The van der Waals surface area contributed by atoms with Crippen molar-refractivity contribution in [3.05, 3.63) is 29.8 Å². The molecule has 4 heteroatoms. The fraction of sp³-hybridized carbons (Fsp3) is 0.100. The first-order valence-corrected chi connectivity index (χ1v) is 4.17. The van der Waals surface area contributed by atoms with E-state index >= 15 is 0 Å². The zero-order valence-electron chi connectivity index (χ0n) is 7.70. The summed E-state index contributed by atoms with van der Waals surface area (Å²) in [5.41, 5.74) is 7.02. The van der Waals surface area contributed by atoms with Gasteiger partial charge in [0.15, 0.2) is 0 Å². The molecular formula is C10H10N2O2. The number of methoxy groups -OCH3 is 1. The average Bonchev–Trinajstić information content (AvgIpc) is 2.55. The zero-order valence-corrected chi connectivity index (χ0v) is 7.70. The molecule has 1 aromatic carbocycles. The first-order chi connectivity index (χ1) is 6.70. The van der Waals surface area contributed by atoms with E-state index in [-0.39, 0.29) is 5.97 Å². The van der Waals surface area contributed by atoms with Crippen LogP contribution in [0.1, 0.15) is 10.4 Å². The number of nitrogens with one attached hydrogen (secondary N) is 1. The minimum Gasteiger partial charge on any atom is -0.465 e. The van der Waals surface area contributed by atoms with E-state index < -0.39 is 0 Å². The summed E-state index contributed by atoms with van der Waals surface area (Å²) in [7, 11) is 1.36. The Balaban J connectivity index is 2.55. The van der Waals surface area contributed by atoms with Gasteiger partial charge in [-0.3, -0.25) is 0 Å². The van der Waals surface area contributed by atoms with E-state index in [9.17, 15) is 4.79 Å². The zero-order chi connectivity index (χ0) is 10.1. The summed E-state index contributed by atoms with van der Waals surface area (Å²) in [6, 6.07) is 7.03. The fourth-order valence-corrected chi connectivity index (χ4v) is 1.40. The highest BCUT2D eigenvalue weighted by Crippen LogP contribution is 2.18. The molecule has 0 unspecified atom stereocenters. The molecule has 0 spiro atoms. The number of nitrogen functional groups attached to an aromatic ring is 1. The van der Waals surface area contributed by atoms with Crippen molar-refractivity contribution in [3.63, 3.8) is 0 Å². The van der Waals surface area contributed by atoms with E-state index in [1.54, 1.807) is 24.3 Å². The smallest absolute Gasteiger partial charge is 0.337 e. The fourth-order valence-electron chi connectivity index (χ4n) is 1.40. The number of fused-ring (bicyclic) bond motifs is 1. The minimum absolute atomic E-state index is 0.341. The number of anilines is 1. The molecule has 0 fully saturated rings. The Bertz CT molecular complexity index is 488. The Morgan fingerprint density at radius 1 is 1.43 bits per heavy atom. The standard InChI is InChI=1S/C10H10N2O2/c1-14-10(13)6-2-3-8-7(4-6)5-9(11)12-8/h2-5,12H,11H2,1H3. The molecule has 2 rings (SSSR count). The van der Waals surface area contributed by atoms with Gasteiger partial charge >= 0.3 is 5.97 Å². The van der Waals surface area contributed by atoms with E-state index in [1.807, 2.05) is 0 Å². The predicted molar refractivity (Wildman–Crippen MR) is 54.1 cm³/mol. The number of carbonyl (C=O) groups is 1. The maximum atomic E-state index is 11.2. The molecule has 0 bridgehead atoms. The van der Waals surface area contributed by atoms with Gasteiger partial charge < -0.3 is 15.5 Å². The van der Waals surface area contributed by atoms with Crippen LogP contribution in [0.25, 0.3) is 10.9 Å². The molecule has 0 saturated heterocycles. The molecule has 0 aliphatic heterocycles. The first-order valence-electron chi connectivity index (χ1n) is 4.17. The van der Waals surface area contributed by atoms with Crippen LogP contribution in [0.15, 0.2) is 24.3 Å². The number of ether oxygens (including phenoxy) is 1. The number of aromatic amines is 1. The molecule has 0 amide bonds. The van der Waals surface area contributed by atoms with Crippen molar-refractivity contribution in [3.8, 4) is 0 Å². The molecule has 1 heterocycles. The Labute approximate surface area is 80.7 Å². The van der Waals surface area contributed by atoms with Crippen molar-refractivity contribution in [2.75, 3.05) is 12.8 Å². The van der Waals surface area contributed by atoms with E-state index in [0.29, 0.717) is 11.4 Å². The lowest BCUT2D eigenvalue weighted by Crippen LogP contribution is -2.00. The number of hydrogen-bond acceptors (Lipinski definition) is 3. The quantitative estimate of drug-likeness (QED) is 0.670. The second-order valence-electron chi connectivity index (χ2n) is 3.02. The maximum absolute atomic E-state index is 11.2. The highest BCUT2D eigenvalue weighted by Gasteiger charge is 2.06. The highest BCUT2D eigenvalue weighted by molar-refractivity contribution is 5.95. The van der Waals surface area contributed by atoms with Crippen LogP contribution in [0, 0.1) is 0 Å². The molecule has 14 heavy (non-hydrogen) atoms. The summed E-state index contributed by atoms with van der Waals surface area (Å²) in [4.78, 5) is 14.2. The highest BCUT2D eigenvalue weighted by atomic mass is 16.5. The third kappa shape index (κ3) is 1.31. The van der Waals surface area contributed by atoms with Crippen molar-refractivity contribution in [1.82, 2.24) is 4.98 Å². The van der Waals surface area contributed by atoms with Gasteiger partial charge in [0.25, 0.3) is 0 Å². The number of esters is 1. The van der Waals surface area contributed by atoms with Gasteiger partial charge in [-0.15, -0.1) is 0 Å². The normalized spacial score (nSPS) is 10.4. The summed E-state index contributed by atoms with van der Waals surface area (Å²) < 4.78 is 4.61. The van der Waals surface area contributed by atoms with Crippen LogP contribution >= 0.6 is 0 Å². The third-order valence-electron chi connectivity index (χ3n) is 2.06. The Morgan fingerprint density at radius 3 is 2.93 bits per heavy atom. The lowest BCUT2D eigenvalue weighted by atomic mass is 10.1. The summed E-state index contributed by atoms with van der Waals surface area (Å²) in [5.74, 6) is 0.244. The monoisotopic (exact) mass is 190 g/mol. The summed E-state index contributed by atoms with van der Waals surface area (Å²) >= 11 is 0. The van der Waals surface area contributed by atoms with Crippen LogP contribution in [0.2, 0.25) is 0 Å². The molecule has 0 aliphatic rings. The second-order valence-corrected chi connectivity index (χ2v) is 3.02. The lowest BCUT2D eigenvalue weighted by molar-refractivity contribution is 0.0601. The van der Waals surface area contributed by atoms with E-state index in [1.165, 1.54) is 7.11 Å². The molecular weight excluding hydrogens is 180 g/mol. The second kappa shape index (κ2) is 3.06. The van der Waals surface area contributed by atoms with Gasteiger partial charge in [0.05, 0.1) is 12.7 Å². The number of H-pyrrole nitrogens is 1. The van der Waals surface area contributed by atoms with Crippen LogP contribution in [0.5, 0.6) is 0 Å². The third-order valence-corrected chi connectivity index (χ3v) is 2.06. The molecule has 1 aromatic heterocycles. The van der Waals surface area contributed by atoms with Gasteiger partial charge in [0, 0.05) is 10.9 Å². The van der Waals surface area contributed by atoms with Crippen molar-refractivity contribution in [2.24, 2.45) is 0 Å². The van der Waals surface area contributed by atoms with Crippen molar-refractivity contribution in [2.45, 2.75) is 0 Å². The predicted octanol–water partition coefficient (Wildman–Crippen LogP) is 1.54. The number of hydrogen-bond donors (Lipinski definition) is 2. The van der Waals surface area contributed by atoms with E-state index in [2.05, 4.69) is 9.72 Å². The average molecular weight is 190 g/mol. The minimum atomic E-state index is -0.341. The van der Waals surface area contributed by atoms with Crippen molar-refractivity contribution in [1.29, 1.82) is 0 Å². The first kappa shape index (κ1) is 8.62. The van der Waals surface area contributed by atoms with Crippen LogP contribution in [0.4, 0.5) is 5.82 Å². The summed E-state index contributed by atoms with van der Waals surface area (Å²) in [5, 5.41) is 0.908. The van der Waals surface area contributed by atoms with E-state index in [4.69, 9.17) is 5.73 Å². The van der Waals surface area contributed by atoms with Gasteiger partial charge in [0.1, 0.15) is 5.82 Å². The van der Waals surface area contributed by atoms with E-state index in [0.717, 1.165) is 10.9 Å². The Morgan fingerprint density at radius 2 is 2.21 bits per heavy atom. The van der Waals surface area contributed by atoms with Gasteiger partial charge in [-0.05, 0) is 24.3 Å². The molecule has 72 valence electrons. The Kier molecular flexibility index (Phi) is 1.89. The molecule has 0 atom stereocenters. The number of benzene rings is 1. The largest absolute Gasteiger partial charge is 0.465 e. The topological polar surface area (TPSA) is 68.1 Å². The number of carbonyl (C=O) groups excluding carboxylic acids is 1. The van der Waals surface area contributed by atoms with Gasteiger partial charge in [0.2, 0.25) is 0 Å². The van der Waals surface area contributed by atoms with Crippen LogP contribution in [-0.4, -0.2) is 18.1 Å². The van der Waals surface area contributed by atoms with Crippen LogP contribution in [0.3, 0.4) is 0 Å². The van der Waals surface area contributed by atoms with Crippen LogP contribution in [-0.2, 0) is 4.74 Å². The van der Waals surface area contributed by atoms with Crippen LogP contribution < -0.4 is 5.73 Å².